The average Bonchev–Trinajstić information content (AvgIpc) is 2.62. The van der Waals surface area contributed by atoms with E-state index in [9.17, 15) is 0 Å². The first kappa shape index (κ1) is 22.9. The molecule has 3 fully saturated rings. The number of carboxylic acids is 2. The molecule has 26 heavy (non-hydrogen) atoms. The van der Waals surface area contributed by atoms with E-state index in [0.717, 1.165) is 37.8 Å². The molecule has 0 radical (unpaired) electrons. The Morgan fingerprint density at radius 3 is 1.15 bits per heavy atom. The van der Waals surface area contributed by atoms with Crippen molar-refractivity contribution in [2.75, 3.05) is 13.1 Å². The number of piperazine rings is 1. The lowest BCUT2D eigenvalue weighted by molar-refractivity contribution is -0.135. The number of hydrogen-bond donors (Lipinski definition) is 4. The fourth-order valence-corrected chi connectivity index (χ4v) is 4.44. The smallest absolute Gasteiger partial charge is 0.300 e. The molecule has 2 saturated carbocycles. The Kier molecular flexibility index (Phi) is 11.5. The van der Waals surface area contributed by atoms with Gasteiger partial charge in [-0.15, -0.1) is 0 Å². The third-order valence-electron chi connectivity index (χ3n) is 5.64. The van der Waals surface area contributed by atoms with Crippen LogP contribution in [0.4, 0.5) is 0 Å². The van der Waals surface area contributed by atoms with Crippen LogP contribution in [0.3, 0.4) is 0 Å². The van der Waals surface area contributed by atoms with Crippen LogP contribution in [-0.4, -0.2) is 47.3 Å². The van der Waals surface area contributed by atoms with Gasteiger partial charge in [-0.2, -0.15) is 0 Å². The standard InChI is InChI=1S/C16H30N2.2C2H4O2/c1-3-7-13(8-4-1)15-11-18-16(12-17-15)14-9-5-2-6-10-14;2*1-2(3)4/h13-18H,1-12H2;2*1H3,(H,3,4). The summed E-state index contributed by atoms with van der Waals surface area (Å²) in [5.41, 5.74) is 0. The molecule has 3 rings (SSSR count). The Hall–Kier alpha value is -1.14. The van der Waals surface area contributed by atoms with Crippen molar-refractivity contribution < 1.29 is 19.8 Å². The molecule has 2 aliphatic carbocycles. The van der Waals surface area contributed by atoms with E-state index in [4.69, 9.17) is 19.8 Å². The lowest BCUT2D eigenvalue weighted by atomic mass is 9.80. The number of aliphatic carboxylic acids is 2. The molecule has 0 aromatic rings. The van der Waals surface area contributed by atoms with Gasteiger partial charge >= 0.3 is 0 Å². The summed E-state index contributed by atoms with van der Waals surface area (Å²) in [7, 11) is 0. The normalized spacial score (nSPS) is 27.3. The van der Waals surface area contributed by atoms with Crippen LogP contribution < -0.4 is 10.6 Å². The van der Waals surface area contributed by atoms with Gasteiger partial charge in [0.25, 0.3) is 11.9 Å². The summed E-state index contributed by atoms with van der Waals surface area (Å²) in [5, 5.41) is 22.6. The largest absolute Gasteiger partial charge is 0.481 e. The topological polar surface area (TPSA) is 98.7 Å². The summed E-state index contributed by atoms with van der Waals surface area (Å²) in [4.78, 5) is 18.0. The lowest BCUT2D eigenvalue weighted by Crippen LogP contribution is -2.59. The van der Waals surface area contributed by atoms with E-state index in [1.165, 1.54) is 77.3 Å². The zero-order valence-corrected chi connectivity index (χ0v) is 16.5. The third kappa shape index (κ3) is 10.1. The molecule has 0 aromatic heterocycles. The summed E-state index contributed by atoms with van der Waals surface area (Å²) >= 11 is 0. The van der Waals surface area contributed by atoms with Crippen LogP contribution in [0.15, 0.2) is 0 Å². The van der Waals surface area contributed by atoms with Crippen LogP contribution in [0.25, 0.3) is 0 Å². The van der Waals surface area contributed by atoms with Crippen molar-refractivity contribution in [2.45, 2.75) is 90.1 Å². The van der Waals surface area contributed by atoms with E-state index in [2.05, 4.69) is 10.6 Å². The van der Waals surface area contributed by atoms with Crippen LogP contribution in [-0.2, 0) is 9.59 Å². The van der Waals surface area contributed by atoms with Crippen molar-refractivity contribution in [1.29, 1.82) is 0 Å². The first-order valence-electron chi connectivity index (χ1n) is 10.3. The maximum atomic E-state index is 9.00. The highest BCUT2D eigenvalue weighted by atomic mass is 16.4. The van der Waals surface area contributed by atoms with E-state index in [1.54, 1.807) is 0 Å². The van der Waals surface area contributed by atoms with Gasteiger partial charge in [-0.05, 0) is 37.5 Å². The molecular weight excluding hydrogens is 332 g/mol. The van der Waals surface area contributed by atoms with Gasteiger partial charge in [0, 0.05) is 39.0 Å². The van der Waals surface area contributed by atoms with Gasteiger partial charge in [0.1, 0.15) is 0 Å². The van der Waals surface area contributed by atoms with Gasteiger partial charge in [0.05, 0.1) is 0 Å². The highest BCUT2D eigenvalue weighted by Crippen LogP contribution is 2.30. The minimum Gasteiger partial charge on any atom is -0.481 e. The Morgan fingerprint density at radius 1 is 0.654 bits per heavy atom. The van der Waals surface area contributed by atoms with E-state index in [1.807, 2.05) is 0 Å². The summed E-state index contributed by atoms with van der Waals surface area (Å²) in [6, 6.07) is 1.54. The molecule has 6 nitrogen and oxygen atoms in total. The Morgan fingerprint density at radius 2 is 0.923 bits per heavy atom. The third-order valence-corrected chi connectivity index (χ3v) is 5.64. The monoisotopic (exact) mass is 370 g/mol. The van der Waals surface area contributed by atoms with Gasteiger partial charge in [0.15, 0.2) is 0 Å². The molecule has 0 amide bonds. The number of rotatable bonds is 2. The van der Waals surface area contributed by atoms with E-state index >= 15 is 0 Å². The molecule has 0 spiro atoms. The first-order chi connectivity index (χ1) is 12.4. The van der Waals surface area contributed by atoms with Crippen molar-refractivity contribution >= 4 is 11.9 Å². The van der Waals surface area contributed by atoms with Crippen LogP contribution >= 0.6 is 0 Å². The highest BCUT2D eigenvalue weighted by molar-refractivity contribution is 5.63. The van der Waals surface area contributed by atoms with Gasteiger partial charge in [-0.25, -0.2) is 0 Å². The van der Waals surface area contributed by atoms with E-state index in [0.29, 0.717) is 0 Å². The van der Waals surface area contributed by atoms with Crippen molar-refractivity contribution in [3.63, 3.8) is 0 Å². The Labute approximate surface area is 158 Å². The molecule has 3 aliphatic rings. The second-order valence-electron chi connectivity index (χ2n) is 7.86. The summed E-state index contributed by atoms with van der Waals surface area (Å²) in [5.74, 6) is 0.247. The van der Waals surface area contributed by atoms with E-state index < -0.39 is 11.9 Å². The van der Waals surface area contributed by atoms with Crippen molar-refractivity contribution in [1.82, 2.24) is 10.6 Å². The molecular formula is C20H38N2O4. The lowest BCUT2D eigenvalue weighted by Gasteiger charge is -2.41. The number of hydrogen-bond acceptors (Lipinski definition) is 4. The fourth-order valence-electron chi connectivity index (χ4n) is 4.44. The molecule has 0 bridgehead atoms. The molecule has 6 heteroatoms. The minimum absolute atomic E-state index is 0.769. The number of nitrogens with one attached hydrogen (secondary N) is 2. The molecule has 1 heterocycles. The van der Waals surface area contributed by atoms with Crippen LogP contribution in [0, 0.1) is 11.8 Å². The second-order valence-corrected chi connectivity index (χ2v) is 7.86. The van der Waals surface area contributed by atoms with E-state index in [-0.39, 0.29) is 0 Å². The average molecular weight is 371 g/mol. The van der Waals surface area contributed by atoms with Crippen LogP contribution in [0.5, 0.6) is 0 Å². The quantitative estimate of drug-likeness (QED) is 0.595. The summed E-state index contributed by atoms with van der Waals surface area (Å²) in [6.45, 7) is 4.62. The maximum Gasteiger partial charge on any atom is 0.300 e. The van der Waals surface area contributed by atoms with Crippen molar-refractivity contribution in [3.05, 3.63) is 0 Å². The molecule has 1 saturated heterocycles. The zero-order chi connectivity index (χ0) is 19.4. The first-order valence-corrected chi connectivity index (χ1v) is 10.3. The van der Waals surface area contributed by atoms with Gasteiger partial charge in [0.2, 0.25) is 0 Å². The molecule has 2 atom stereocenters. The minimum atomic E-state index is -0.833. The van der Waals surface area contributed by atoms with Gasteiger partial charge in [-0.3, -0.25) is 9.59 Å². The van der Waals surface area contributed by atoms with Crippen LogP contribution in [0.2, 0.25) is 0 Å². The highest BCUT2D eigenvalue weighted by Gasteiger charge is 2.31. The van der Waals surface area contributed by atoms with Gasteiger partial charge < -0.3 is 20.8 Å². The number of carboxylic acid groups (broad SMARTS) is 2. The number of carbonyl (C=O) groups is 2. The molecule has 1 aliphatic heterocycles. The van der Waals surface area contributed by atoms with Crippen molar-refractivity contribution in [2.24, 2.45) is 11.8 Å². The predicted molar refractivity (Wildman–Crippen MR) is 103 cm³/mol. The fraction of sp³-hybridized carbons (Fsp3) is 0.900. The SMILES string of the molecule is C1CCC(C2CNC(C3CCCCC3)CN2)CC1.CC(=O)O.CC(=O)O. The summed E-state index contributed by atoms with van der Waals surface area (Å²) in [6.07, 6.45) is 14.7. The molecule has 152 valence electrons. The van der Waals surface area contributed by atoms with Crippen molar-refractivity contribution in [3.8, 4) is 0 Å². The zero-order valence-electron chi connectivity index (χ0n) is 16.5. The maximum absolute atomic E-state index is 9.00. The second kappa shape index (κ2) is 13.1. The van der Waals surface area contributed by atoms with Gasteiger partial charge in [-0.1, -0.05) is 38.5 Å². The van der Waals surface area contributed by atoms with Crippen LogP contribution in [0.1, 0.15) is 78.1 Å². The Balaban J connectivity index is 0.000000360. The molecule has 0 aromatic carbocycles. The predicted octanol–water partition coefficient (Wildman–Crippen LogP) is 3.26. The summed E-state index contributed by atoms with van der Waals surface area (Å²) < 4.78 is 0. The molecule has 4 N–H and O–H groups in total. The Bertz CT molecular complexity index is 351. The molecule has 2 unspecified atom stereocenters.